The van der Waals surface area contributed by atoms with Crippen LogP contribution in [0, 0.1) is 6.92 Å². The number of hydrogen-bond acceptors (Lipinski definition) is 5. The molecule has 1 N–H and O–H groups in total. The van der Waals surface area contributed by atoms with E-state index in [9.17, 15) is 22.8 Å². The first-order valence-corrected chi connectivity index (χ1v) is 9.05. The predicted molar refractivity (Wildman–Crippen MR) is 100 cm³/mol. The summed E-state index contributed by atoms with van der Waals surface area (Å²) in [5.74, 6) is -2.03. The van der Waals surface area contributed by atoms with Gasteiger partial charge >= 0.3 is 6.18 Å². The van der Waals surface area contributed by atoms with Gasteiger partial charge in [-0.1, -0.05) is 23.7 Å². The van der Waals surface area contributed by atoms with Gasteiger partial charge in [0, 0.05) is 10.1 Å². The molecule has 10 heteroatoms. The minimum atomic E-state index is -4.91. The van der Waals surface area contributed by atoms with Crippen LogP contribution < -0.4 is 5.43 Å². The lowest BCUT2D eigenvalue weighted by molar-refractivity contribution is -0.0605. The van der Waals surface area contributed by atoms with Crippen molar-refractivity contribution in [1.82, 2.24) is 5.43 Å². The van der Waals surface area contributed by atoms with E-state index in [2.05, 4.69) is 5.10 Å². The maximum atomic E-state index is 13.2. The minimum absolute atomic E-state index is 0.0323. The summed E-state index contributed by atoms with van der Waals surface area (Å²) in [6.45, 7) is 1.86. The summed E-state index contributed by atoms with van der Waals surface area (Å²) in [5.41, 5.74) is 1.35. The van der Waals surface area contributed by atoms with Crippen LogP contribution in [-0.2, 0) is 0 Å². The third-order valence-corrected chi connectivity index (χ3v) is 5.39. The number of carbonyl (C=O) groups is 2. The molecular weight excluding hydrogens is 417 g/mol. The highest BCUT2D eigenvalue weighted by Gasteiger charge is 2.38. The Morgan fingerprint density at radius 3 is 2.68 bits per heavy atom. The van der Waals surface area contributed by atoms with Crippen LogP contribution in [-0.4, -0.2) is 23.6 Å². The number of ketones is 1. The zero-order chi connectivity index (χ0) is 20.5. The van der Waals surface area contributed by atoms with Crippen LogP contribution in [0.2, 0.25) is 5.02 Å². The highest BCUT2D eigenvalue weighted by Crippen LogP contribution is 2.35. The number of nitrogens with zero attached hydrogens (tertiary/aromatic N) is 1. The number of alkyl halides is 3. The van der Waals surface area contributed by atoms with Crippen LogP contribution >= 0.6 is 22.9 Å². The zero-order valence-corrected chi connectivity index (χ0v) is 15.8. The van der Waals surface area contributed by atoms with Gasteiger partial charge in [-0.05, 0) is 30.7 Å². The molecule has 0 aliphatic carbocycles. The molecule has 0 bridgehead atoms. The van der Waals surface area contributed by atoms with E-state index in [0.29, 0.717) is 5.39 Å². The molecular formula is C18H12ClF3N2O3S. The van der Waals surface area contributed by atoms with Gasteiger partial charge in [0.05, 0.1) is 17.7 Å². The molecule has 0 aliphatic heterocycles. The molecule has 5 nitrogen and oxygen atoms in total. The fraction of sp³-hybridized carbons (Fsp3) is 0.167. The lowest BCUT2D eigenvalue weighted by Gasteiger charge is -2.09. The summed E-state index contributed by atoms with van der Waals surface area (Å²) in [6, 6.07) is 7.98. The predicted octanol–water partition coefficient (Wildman–Crippen LogP) is 5.38. The van der Waals surface area contributed by atoms with E-state index in [-0.39, 0.29) is 15.7 Å². The quantitative estimate of drug-likeness (QED) is 0.337. The van der Waals surface area contributed by atoms with E-state index in [0.717, 1.165) is 21.6 Å². The molecule has 0 saturated carbocycles. The number of Topliss-reactive ketones (excluding diaryl/α,β-unsaturated/α-hetero) is 1. The van der Waals surface area contributed by atoms with Crippen molar-refractivity contribution in [2.24, 2.45) is 5.10 Å². The van der Waals surface area contributed by atoms with E-state index in [1.165, 1.54) is 18.4 Å². The molecule has 0 aliphatic rings. The first-order chi connectivity index (χ1) is 13.2. The SMILES string of the molecule is Cc1ccc2c(Cl)c(C(=O)N/N=C(\CC(=O)c3ccco3)C(F)(F)F)sc2c1. The van der Waals surface area contributed by atoms with Crippen molar-refractivity contribution in [2.75, 3.05) is 0 Å². The zero-order valence-electron chi connectivity index (χ0n) is 14.3. The van der Waals surface area contributed by atoms with Crippen LogP contribution in [0.5, 0.6) is 0 Å². The van der Waals surface area contributed by atoms with E-state index in [1.54, 1.807) is 6.07 Å². The van der Waals surface area contributed by atoms with Gasteiger partial charge in [0.25, 0.3) is 5.91 Å². The topological polar surface area (TPSA) is 71.7 Å². The van der Waals surface area contributed by atoms with Crippen LogP contribution in [0.15, 0.2) is 46.1 Å². The molecule has 1 aromatic carbocycles. The first-order valence-electron chi connectivity index (χ1n) is 7.86. The number of hydrazone groups is 1. The molecule has 0 unspecified atom stereocenters. The van der Waals surface area contributed by atoms with E-state index in [4.69, 9.17) is 16.0 Å². The average molecular weight is 429 g/mol. The number of thiophene rings is 1. The molecule has 3 aromatic rings. The van der Waals surface area contributed by atoms with Crippen molar-refractivity contribution < 1.29 is 27.2 Å². The Bertz CT molecular complexity index is 1070. The monoisotopic (exact) mass is 428 g/mol. The van der Waals surface area contributed by atoms with Gasteiger partial charge in [0.15, 0.2) is 5.76 Å². The molecule has 3 rings (SSSR count). The molecule has 2 aromatic heterocycles. The summed E-state index contributed by atoms with van der Waals surface area (Å²) >= 11 is 7.21. The maximum Gasteiger partial charge on any atom is 0.431 e. The number of rotatable bonds is 5. The Hall–Kier alpha value is -2.65. The van der Waals surface area contributed by atoms with Crippen molar-refractivity contribution in [3.63, 3.8) is 0 Å². The van der Waals surface area contributed by atoms with Crippen molar-refractivity contribution >= 4 is 50.4 Å². The van der Waals surface area contributed by atoms with Gasteiger partial charge < -0.3 is 4.42 Å². The fourth-order valence-electron chi connectivity index (χ4n) is 2.37. The van der Waals surface area contributed by atoms with Gasteiger partial charge in [-0.3, -0.25) is 9.59 Å². The molecule has 0 atom stereocenters. The number of benzene rings is 1. The maximum absolute atomic E-state index is 13.2. The Labute approximate surface area is 165 Å². The first kappa shape index (κ1) is 20.1. The van der Waals surface area contributed by atoms with Gasteiger partial charge in [0.2, 0.25) is 5.78 Å². The van der Waals surface area contributed by atoms with E-state index < -0.39 is 30.0 Å². The van der Waals surface area contributed by atoms with Gasteiger partial charge in [-0.15, -0.1) is 11.3 Å². The second-order valence-corrected chi connectivity index (χ2v) is 7.25. The lowest BCUT2D eigenvalue weighted by Crippen LogP contribution is -2.30. The van der Waals surface area contributed by atoms with Gasteiger partial charge in [0.1, 0.15) is 10.6 Å². The summed E-state index contributed by atoms with van der Waals surface area (Å²) < 4.78 is 45.0. The van der Waals surface area contributed by atoms with Crippen molar-refractivity contribution in [3.05, 3.63) is 57.8 Å². The Morgan fingerprint density at radius 2 is 2.04 bits per heavy atom. The van der Waals surface area contributed by atoms with Crippen LogP contribution in [0.4, 0.5) is 13.2 Å². The summed E-state index contributed by atoms with van der Waals surface area (Å²) in [4.78, 5) is 24.2. The Morgan fingerprint density at radius 1 is 1.29 bits per heavy atom. The van der Waals surface area contributed by atoms with Gasteiger partial charge in [-0.2, -0.15) is 18.3 Å². The second kappa shape index (κ2) is 7.76. The average Bonchev–Trinajstić information content (AvgIpc) is 3.25. The normalized spacial score (nSPS) is 12.4. The smallest absolute Gasteiger partial charge is 0.431 e. The lowest BCUT2D eigenvalue weighted by atomic mass is 10.1. The molecule has 146 valence electrons. The number of fused-ring (bicyclic) bond motifs is 1. The number of carbonyl (C=O) groups excluding carboxylic acids is 2. The van der Waals surface area contributed by atoms with Crippen molar-refractivity contribution in [3.8, 4) is 0 Å². The molecule has 0 radical (unpaired) electrons. The number of aryl methyl sites for hydroxylation is 1. The van der Waals surface area contributed by atoms with Crippen molar-refractivity contribution in [1.29, 1.82) is 0 Å². The molecule has 0 fully saturated rings. The Kier molecular flexibility index (Phi) is 5.57. The van der Waals surface area contributed by atoms with Crippen LogP contribution in [0.3, 0.4) is 0 Å². The minimum Gasteiger partial charge on any atom is -0.461 e. The highest BCUT2D eigenvalue weighted by molar-refractivity contribution is 7.21. The van der Waals surface area contributed by atoms with Crippen LogP contribution in [0.25, 0.3) is 10.1 Å². The van der Waals surface area contributed by atoms with Gasteiger partial charge in [-0.25, -0.2) is 5.43 Å². The molecule has 0 spiro atoms. The number of furan rings is 1. The van der Waals surface area contributed by atoms with Crippen molar-refractivity contribution in [2.45, 2.75) is 19.5 Å². The summed E-state index contributed by atoms with van der Waals surface area (Å²) in [5, 5.41) is 3.88. The molecule has 1 amide bonds. The third-order valence-electron chi connectivity index (χ3n) is 3.73. The summed E-state index contributed by atoms with van der Waals surface area (Å²) in [6.07, 6.45) is -4.81. The number of amides is 1. The molecule has 0 saturated heterocycles. The van der Waals surface area contributed by atoms with E-state index in [1.807, 2.05) is 24.5 Å². The number of halogens is 4. The van der Waals surface area contributed by atoms with Crippen LogP contribution in [0.1, 0.15) is 32.2 Å². The van der Waals surface area contributed by atoms with E-state index >= 15 is 0 Å². The standard InChI is InChI=1S/C18H12ClF3N2O3S/c1-9-4-5-10-13(7-9)28-16(15(10)19)17(26)24-23-14(18(20,21)22)8-11(25)12-3-2-6-27-12/h2-7H,8H2,1H3,(H,24,26)/b23-14+. The largest absolute Gasteiger partial charge is 0.461 e. The molecule has 2 heterocycles. The number of hydrogen-bond donors (Lipinski definition) is 1. The summed E-state index contributed by atoms with van der Waals surface area (Å²) in [7, 11) is 0. The third kappa shape index (κ3) is 4.26. The highest BCUT2D eigenvalue weighted by atomic mass is 35.5. The second-order valence-electron chi connectivity index (χ2n) is 5.82. The molecule has 28 heavy (non-hydrogen) atoms. The fourth-order valence-corrected chi connectivity index (χ4v) is 3.87. The Balaban J connectivity index is 1.83. The number of nitrogens with one attached hydrogen (secondary N) is 1.